The zero-order valence-electron chi connectivity index (χ0n) is 21.8. The van der Waals surface area contributed by atoms with Crippen LogP contribution in [0.4, 0.5) is 15.6 Å². The number of rotatable bonds is 5. The first-order chi connectivity index (χ1) is 18.9. The van der Waals surface area contributed by atoms with Crippen molar-refractivity contribution in [3.05, 3.63) is 60.2 Å². The standard InChI is InChI=1S/C28H27N5O5S/c1-17(34)32-12-11-28(15-32)16-33(27(35)31-26-29-22-8-10-24(37-3)30-25(22)39-26)23-9-7-20(14-21(23)28)38-19-6-4-5-18(13-19)36-2/h4-10,13-14H,11-12,15-16H2,1-3H3,(H,29,31,35). The Kier molecular flexibility index (Phi) is 6.22. The Balaban J connectivity index is 1.31. The van der Waals surface area contributed by atoms with Crippen LogP contribution in [0.1, 0.15) is 18.9 Å². The van der Waals surface area contributed by atoms with Crippen molar-refractivity contribution in [1.29, 1.82) is 0 Å². The summed E-state index contributed by atoms with van der Waals surface area (Å²) in [6, 6.07) is 16.4. The van der Waals surface area contributed by atoms with Gasteiger partial charge in [-0.1, -0.05) is 17.4 Å². The first-order valence-corrected chi connectivity index (χ1v) is 13.3. The van der Waals surface area contributed by atoms with Crippen molar-refractivity contribution >= 4 is 44.4 Å². The molecule has 0 aliphatic carbocycles. The average Bonchev–Trinajstić information content (AvgIpc) is 3.64. The summed E-state index contributed by atoms with van der Waals surface area (Å²) in [6.45, 7) is 3.19. The van der Waals surface area contributed by atoms with Gasteiger partial charge in [0, 0.05) is 49.8 Å². The molecule has 2 aliphatic heterocycles. The Morgan fingerprint density at radius 2 is 1.79 bits per heavy atom. The summed E-state index contributed by atoms with van der Waals surface area (Å²) in [5, 5.41) is 3.40. The Labute approximate surface area is 229 Å². The van der Waals surface area contributed by atoms with E-state index in [4.69, 9.17) is 14.2 Å². The van der Waals surface area contributed by atoms with Gasteiger partial charge in [-0.3, -0.25) is 15.0 Å². The van der Waals surface area contributed by atoms with Gasteiger partial charge in [-0.25, -0.2) is 14.8 Å². The first-order valence-electron chi connectivity index (χ1n) is 12.5. The highest BCUT2D eigenvalue weighted by Gasteiger charge is 2.49. The summed E-state index contributed by atoms with van der Waals surface area (Å²) in [4.78, 5) is 39.0. The Morgan fingerprint density at radius 3 is 2.56 bits per heavy atom. The molecule has 1 N–H and O–H groups in total. The quantitative estimate of drug-likeness (QED) is 0.374. The number of pyridine rings is 1. The largest absolute Gasteiger partial charge is 0.497 e. The van der Waals surface area contributed by atoms with E-state index in [1.165, 1.54) is 11.3 Å². The maximum absolute atomic E-state index is 13.6. The zero-order valence-corrected chi connectivity index (χ0v) is 22.6. The number of thiazole rings is 1. The number of urea groups is 1. The van der Waals surface area contributed by atoms with Crippen molar-refractivity contribution in [2.24, 2.45) is 0 Å². The highest BCUT2D eigenvalue weighted by atomic mass is 32.1. The van der Waals surface area contributed by atoms with Crippen LogP contribution < -0.4 is 24.4 Å². The topological polar surface area (TPSA) is 106 Å². The van der Waals surface area contributed by atoms with Gasteiger partial charge >= 0.3 is 6.03 Å². The van der Waals surface area contributed by atoms with Crippen LogP contribution in [0.2, 0.25) is 0 Å². The van der Waals surface area contributed by atoms with Gasteiger partial charge < -0.3 is 19.1 Å². The summed E-state index contributed by atoms with van der Waals surface area (Å²) in [5.74, 6) is 2.51. The van der Waals surface area contributed by atoms with Crippen LogP contribution in [0.15, 0.2) is 54.6 Å². The van der Waals surface area contributed by atoms with E-state index in [1.807, 2.05) is 53.4 Å². The van der Waals surface area contributed by atoms with E-state index in [-0.39, 0.29) is 11.9 Å². The van der Waals surface area contributed by atoms with Crippen molar-refractivity contribution in [2.45, 2.75) is 18.8 Å². The van der Waals surface area contributed by atoms with Gasteiger partial charge in [0.25, 0.3) is 0 Å². The number of aromatic nitrogens is 2. The molecule has 4 heterocycles. The fourth-order valence-electron chi connectivity index (χ4n) is 5.31. The normalized spacial score (nSPS) is 17.9. The number of nitrogens with one attached hydrogen (secondary N) is 1. The van der Waals surface area contributed by atoms with Gasteiger partial charge in [-0.2, -0.15) is 0 Å². The molecule has 11 heteroatoms. The number of benzene rings is 2. The number of fused-ring (bicyclic) bond motifs is 3. The maximum Gasteiger partial charge on any atom is 0.328 e. The van der Waals surface area contributed by atoms with E-state index < -0.39 is 5.41 Å². The molecule has 1 atom stereocenters. The van der Waals surface area contributed by atoms with Crippen LogP contribution in [0.3, 0.4) is 0 Å². The minimum atomic E-state index is -0.394. The molecule has 3 amide bonds. The molecule has 10 nitrogen and oxygen atoms in total. The summed E-state index contributed by atoms with van der Waals surface area (Å²) in [7, 11) is 3.17. The number of carbonyl (C=O) groups is 2. The Hall–Kier alpha value is -4.38. The van der Waals surface area contributed by atoms with Crippen molar-refractivity contribution in [3.63, 3.8) is 0 Å². The molecule has 1 unspecified atom stereocenters. The summed E-state index contributed by atoms with van der Waals surface area (Å²) in [6.07, 6.45) is 0.747. The second-order valence-corrected chi connectivity index (χ2v) is 10.6. The third kappa shape index (κ3) is 4.59. The van der Waals surface area contributed by atoms with Gasteiger partial charge in [-0.05, 0) is 48.4 Å². The number of nitrogens with zero attached hydrogens (tertiary/aromatic N) is 4. The SMILES string of the molecule is COc1cccc(Oc2ccc3c(c2)C2(CCN(C(C)=O)C2)CN3C(=O)Nc2nc3ccc(OC)nc3s2)c1. The molecule has 2 aromatic heterocycles. The number of hydrogen-bond acceptors (Lipinski definition) is 8. The first kappa shape index (κ1) is 24.9. The lowest BCUT2D eigenvalue weighted by atomic mass is 9.81. The summed E-state index contributed by atoms with van der Waals surface area (Å²) >= 11 is 1.29. The molecule has 2 aliphatic rings. The lowest BCUT2D eigenvalue weighted by Crippen LogP contribution is -2.41. The smallest absolute Gasteiger partial charge is 0.328 e. The molecule has 2 aromatic carbocycles. The van der Waals surface area contributed by atoms with E-state index in [9.17, 15) is 9.59 Å². The molecule has 1 spiro atoms. The van der Waals surface area contributed by atoms with Crippen LogP contribution in [0.25, 0.3) is 10.3 Å². The highest BCUT2D eigenvalue weighted by molar-refractivity contribution is 7.22. The summed E-state index contributed by atoms with van der Waals surface area (Å²) < 4.78 is 16.7. The number of hydrogen-bond donors (Lipinski definition) is 1. The van der Waals surface area contributed by atoms with Crippen LogP contribution in [0.5, 0.6) is 23.1 Å². The summed E-state index contributed by atoms with van der Waals surface area (Å²) in [5.41, 5.74) is 2.06. The number of methoxy groups -OCH3 is 2. The van der Waals surface area contributed by atoms with Crippen molar-refractivity contribution in [1.82, 2.24) is 14.9 Å². The zero-order chi connectivity index (χ0) is 27.1. The minimum Gasteiger partial charge on any atom is -0.497 e. The number of ether oxygens (including phenoxy) is 3. The van der Waals surface area contributed by atoms with Crippen LogP contribution >= 0.6 is 11.3 Å². The highest BCUT2D eigenvalue weighted by Crippen LogP contribution is 2.48. The maximum atomic E-state index is 13.6. The molecule has 6 rings (SSSR count). The van der Waals surface area contributed by atoms with E-state index in [0.29, 0.717) is 58.2 Å². The molecular weight excluding hydrogens is 518 g/mol. The van der Waals surface area contributed by atoms with Gasteiger partial charge in [0.15, 0.2) is 5.13 Å². The molecule has 39 heavy (non-hydrogen) atoms. The van der Waals surface area contributed by atoms with E-state index >= 15 is 0 Å². The van der Waals surface area contributed by atoms with Crippen molar-refractivity contribution < 1.29 is 23.8 Å². The molecular formula is C28H27N5O5S. The second kappa shape index (κ2) is 9.73. The molecule has 4 aromatic rings. The van der Waals surface area contributed by atoms with E-state index in [2.05, 4.69) is 15.3 Å². The number of likely N-dealkylation sites (tertiary alicyclic amines) is 1. The van der Waals surface area contributed by atoms with Crippen molar-refractivity contribution in [2.75, 3.05) is 44.1 Å². The number of carbonyl (C=O) groups excluding carboxylic acids is 2. The van der Waals surface area contributed by atoms with Gasteiger partial charge in [0.1, 0.15) is 27.6 Å². The predicted molar refractivity (Wildman–Crippen MR) is 148 cm³/mol. The van der Waals surface area contributed by atoms with Crippen molar-refractivity contribution in [3.8, 4) is 23.1 Å². The Morgan fingerprint density at radius 1 is 0.974 bits per heavy atom. The molecule has 0 bridgehead atoms. The third-order valence-electron chi connectivity index (χ3n) is 7.27. The van der Waals surface area contributed by atoms with Crippen LogP contribution in [-0.2, 0) is 10.2 Å². The van der Waals surface area contributed by atoms with Gasteiger partial charge in [0.05, 0.1) is 14.2 Å². The molecule has 0 saturated carbocycles. The fraction of sp³-hybridized carbons (Fsp3) is 0.286. The monoisotopic (exact) mass is 545 g/mol. The molecule has 1 fully saturated rings. The lowest BCUT2D eigenvalue weighted by Gasteiger charge is -2.25. The number of anilines is 2. The van der Waals surface area contributed by atoms with Gasteiger partial charge in [-0.15, -0.1) is 0 Å². The van der Waals surface area contributed by atoms with E-state index in [0.717, 1.165) is 17.7 Å². The van der Waals surface area contributed by atoms with E-state index in [1.54, 1.807) is 32.1 Å². The lowest BCUT2D eigenvalue weighted by molar-refractivity contribution is -0.127. The van der Waals surface area contributed by atoms with Crippen LogP contribution in [0, 0.1) is 0 Å². The third-order valence-corrected chi connectivity index (χ3v) is 8.15. The van der Waals surface area contributed by atoms with Crippen LogP contribution in [-0.4, -0.2) is 60.7 Å². The second-order valence-electron chi connectivity index (χ2n) is 9.64. The fourth-order valence-corrected chi connectivity index (χ4v) is 6.13. The van der Waals surface area contributed by atoms with Gasteiger partial charge in [0.2, 0.25) is 11.8 Å². The Bertz CT molecular complexity index is 1590. The average molecular weight is 546 g/mol. The minimum absolute atomic E-state index is 0.0255. The molecule has 0 radical (unpaired) electrons. The molecule has 200 valence electrons. The molecule has 1 saturated heterocycles. The number of amides is 3. The predicted octanol–water partition coefficient (Wildman–Crippen LogP) is 5.04.